The van der Waals surface area contributed by atoms with E-state index in [2.05, 4.69) is 11.8 Å². The summed E-state index contributed by atoms with van der Waals surface area (Å²) < 4.78 is 31.9. The van der Waals surface area contributed by atoms with Crippen LogP contribution in [-0.2, 0) is 6.61 Å². The van der Waals surface area contributed by atoms with E-state index in [9.17, 15) is 8.78 Å². The molecule has 0 atom stereocenters. The number of hydrogen-bond acceptors (Lipinski definition) is 2. The number of hydrogen-bond donors (Lipinski definition) is 1. The lowest BCUT2D eigenvalue weighted by molar-refractivity contribution is 0.304. The van der Waals surface area contributed by atoms with Gasteiger partial charge in [0, 0.05) is 17.2 Å². The highest BCUT2D eigenvalue weighted by Crippen LogP contribution is 2.22. The molecule has 0 aliphatic rings. The summed E-state index contributed by atoms with van der Waals surface area (Å²) in [4.78, 5) is 0. The fourth-order valence-electron chi connectivity index (χ4n) is 1.65. The van der Waals surface area contributed by atoms with Crippen molar-refractivity contribution >= 4 is 11.6 Å². The Morgan fingerprint density at radius 2 is 1.95 bits per heavy atom. The predicted molar refractivity (Wildman–Crippen MR) is 76.1 cm³/mol. The summed E-state index contributed by atoms with van der Waals surface area (Å²) in [5.74, 6) is 4.40. The molecule has 108 valence electrons. The minimum atomic E-state index is -0.575. The van der Waals surface area contributed by atoms with E-state index in [1.807, 2.05) is 0 Å². The van der Waals surface area contributed by atoms with Crippen molar-refractivity contribution in [2.45, 2.75) is 6.61 Å². The van der Waals surface area contributed by atoms with Gasteiger partial charge in [0.15, 0.2) is 0 Å². The van der Waals surface area contributed by atoms with Crippen LogP contribution in [-0.4, -0.2) is 11.7 Å². The van der Waals surface area contributed by atoms with Gasteiger partial charge in [0.1, 0.15) is 30.6 Å². The van der Waals surface area contributed by atoms with E-state index < -0.39 is 11.6 Å². The number of ether oxygens (including phenoxy) is 1. The maximum Gasteiger partial charge on any atom is 0.145 e. The molecule has 2 aromatic rings. The van der Waals surface area contributed by atoms with Crippen LogP contribution in [0.15, 0.2) is 36.4 Å². The molecule has 0 unspecified atom stereocenters. The molecular formula is C16H11ClF2O2. The van der Waals surface area contributed by atoms with Crippen molar-refractivity contribution in [2.24, 2.45) is 0 Å². The number of halogens is 3. The normalized spacial score (nSPS) is 9.90. The van der Waals surface area contributed by atoms with Gasteiger partial charge in [-0.15, -0.1) is 0 Å². The molecule has 0 radical (unpaired) electrons. The third kappa shape index (κ3) is 4.19. The second kappa shape index (κ2) is 7.07. The van der Waals surface area contributed by atoms with Crippen LogP contribution in [0.1, 0.15) is 11.1 Å². The van der Waals surface area contributed by atoms with Crippen molar-refractivity contribution < 1.29 is 18.6 Å². The lowest BCUT2D eigenvalue weighted by Gasteiger charge is -2.09. The van der Waals surface area contributed by atoms with Crippen molar-refractivity contribution in [3.63, 3.8) is 0 Å². The Hall–Kier alpha value is -2.09. The van der Waals surface area contributed by atoms with Crippen molar-refractivity contribution in [3.05, 3.63) is 64.2 Å². The van der Waals surface area contributed by atoms with Crippen LogP contribution in [0.3, 0.4) is 0 Å². The second-order valence-electron chi connectivity index (χ2n) is 4.13. The fourth-order valence-corrected chi connectivity index (χ4v) is 1.77. The minimum absolute atomic E-state index is 0.0126. The SMILES string of the molecule is OCC#Cc1cc(F)ccc1COc1ccc(Cl)c(F)c1. The highest BCUT2D eigenvalue weighted by molar-refractivity contribution is 6.30. The van der Waals surface area contributed by atoms with E-state index in [1.165, 1.54) is 36.4 Å². The van der Waals surface area contributed by atoms with Gasteiger partial charge >= 0.3 is 0 Å². The minimum Gasteiger partial charge on any atom is -0.489 e. The van der Waals surface area contributed by atoms with Gasteiger partial charge in [-0.05, 0) is 24.3 Å². The lowest BCUT2D eigenvalue weighted by atomic mass is 10.1. The van der Waals surface area contributed by atoms with Crippen LogP contribution in [0.2, 0.25) is 5.02 Å². The largest absolute Gasteiger partial charge is 0.489 e. The van der Waals surface area contributed by atoms with E-state index in [-0.39, 0.29) is 18.2 Å². The second-order valence-corrected chi connectivity index (χ2v) is 4.53. The quantitative estimate of drug-likeness (QED) is 0.879. The third-order valence-electron chi connectivity index (χ3n) is 2.66. The Balaban J connectivity index is 2.17. The Kier molecular flexibility index (Phi) is 5.15. The maximum atomic E-state index is 13.3. The first-order valence-electron chi connectivity index (χ1n) is 6.06. The molecule has 0 spiro atoms. The van der Waals surface area contributed by atoms with E-state index >= 15 is 0 Å². The number of rotatable bonds is 3. The van der Waals surface area contributed by atoms with Gasteiger partial charge in [0.05, 0.1) is 5.02 Å². The van der Waals surface area contributed by atoms with Gasteiger partial charge in [-0.25, -0.2) is 8.78 Å². The van der Waals surface area contributed by atoms with Crippen molar-refractivity contribution in [1.29, 1.82) is 0 Å². The van der Waals surface area contributed by atoms with Crippen LogP contribution >= 0.6 is 11.6 Å². The van der Waals surface area contributed by atoms with Crippen molar-refractivity contribution in [2.75, 3.05) is 6.61 Å². The van der Waals surface area contributed by atoms with Gasteiger partial charge in [-0.2, -0.15) is 0 Å². The Morgan fingerprint density at radius 1 is 1.14 bits per heavy atom. The molecule has 0 heterocycles. The maximum absolute atomic E-state index is 13.3. The molecule has 0 aliphatic carbocycles. The van der Waals surface area contributed by atoms with Crippen LogP contribution in [0.5, 0.6) is 5.75 Å². The van der Waals surface area contributed by atoms with E-state index in [4.69, 9.17) is 21.4 Å². The first-order chi connectivity index (χ1) is 10.1. The monoisotopic (exact) mass is 308 g/mol. The summed E-state index contributed by atoms with van der Waals surface area (Å²) in [6.45, 7) is -0.226. The van der Waals surface area contributed by atoms with Crippen molar-refractivity contribution in [3.8, 4) is 17.6 Å². The molecule has 21 heavy (non-hydrogen) atoms. The highest BCUT2D eigenvalue weighted by Gasteiger charge is 2.05. The molecule has 0 amide bonds. The molecule has 0 saturated heterocycles. The van der Waals surface area contributed by atoms with Gasteiger partial charge in [-0.3, -0.25) is 0 Å². The zero-order valence-electron chi connectivity index (χ0n) is 10.9. The molecule has 5 heteroatoms. The first-order valence-corrected chi connectivity index (χ1v) is 6.44. The van der Waals surface area contributed by atoms with Crippen LogP contribution in [0, 0.1) is 23.5 Å². The number of benzene rings is 2. The Bertz CT molecular complexity index is 705. The van der Waals surface area contributed by atoms with Crippen LogP contribution < -0.4 is 4.74 Å². The number of aliphatic hydroxyl groups excluding tert-OH is 1. The van der Waals surface area contributed by atoms with E-state index in [0.717, 1.165) is 0 Å². The first kappa shape index (κ1) is 15.3. The van der Waals surface area contributed by atoms with Gasteiger partial charge in [0.2, 0.25) is 0 Å². The van der Waals surface area contributed by atoms with Gasteiger partial charge in [-0.1, -0.05) is 29.5 Å². The topological polar surface area (TPSA) is 29.5 Å². The summed E-state index contributed by atoms with van der Waals surface area (Å²) in [6, 6.07) is 8.17. The molecule has 2 aromatic carbocycles. The van der Waals surface area contributed by atoms with Crippen LogP contribution in [0.4, 0.5) is 8.78 Å². The third-order valence-corrected chi connectivity index (χ3v) is 2.97. The summed E-state index contributed by atoms with van der Waals surface area (Å²) in [5, 5.41) is 8.71. The molecule has 0 saturated carbocycles. The van der Waals surface area contributed by atoms with Gasteiger partial charge < -0.3 is 9.84 Å². The summed E-state index contributed by atoms with van der Waals surface area (Å²) in [6.07, 6.45) is 0. The number of aliphatic hydroxyl groups is 1. The molecule has 2 rings (SSSR count). The summed E-state index contributed by atoms with van der Waals surface area (Å²) in [7, 11) is 0. The predicted octanol–water partition coefficient (Wildman–Crippen LogP) is 3.54. The van der Waals surface area contributed by atoms with Gasteiger partial charge in [0.25, 0.3) is 0 Å². The summed E-state index contributed by atoms with van der Waals surface area (Å²) >= 11 is 5.58. The Labute approximate surface area is 125 Å². The highest BCUT2D eigenvalue weighted by atomic mass is 35.5. The van der Waals surface area contributed by atoms with E-state index in [1.54, 1.807) is 0 Å². The smallest absolute Gasteiger partial charge is 0.145 e. The lowest BCUT2D eigenvalue weighted by Crippen LogP contribution is -1.99. The Morgan fingerprint density at radius 3 is 2.67 bits per heavy atom. The molecule has 0 aliphatic heterocycles. The average Bonchev–Trinajstić information content (AvgIpc) is 2.47. The fraction of sp³-hybridized carbons (Fsp3) is 0.125. The zero-order valence-corrected chi connectivity index (χ0v) is 11.6. The molecule has 0 fully saturated rings. The standard InChI is InChI=1S/C16H11ClF2O2/c17-15-6-5-14(9-16(15)19)21-10-12-3-4-13(18)8-11(12)2-1-7-20/h3-6,8-9,20H,7,10H2. The molecule has 2 nitrogen and oxygen atoms in total. The molecular weight excluding hydrogens is 298 g/mol. The van der Waals surface area contributed by atoms with E-state index in [0.29, 0.717) is 16.9 Å². The molecule has 0 aromatic heterocycles. The zero-order chi connectivity index (χ0) is 15.2. The van der Waals surface area contributed by atoms with Crippen LogP contribution in [0.25, 0.3) is 0 Å². The molecule has 1 N–H and O–H groups in total. The average molecular weight is 309 g/mol. The molecule has 0 bridgehead atoms. The van der Waals surface area contributed by atoms with Crippen molar-refractivity contribution in [1.82, 2.24) is 0 Å². The summed E-state index contributed by atoms with van der Waals surface area (Å²) in [5.41, 5.74) is 1.05.